The summed E-state index contributed by atoms with van der Waals surface area (Å²) in [5, 5.41) is 2.17. The highest BCUT2D eigenvalue weighted by Crippen LogP contribution is 2.35. The molecule has 0 amide bonds. The number of aromatic nitrogens is 4. The standard InChI is InChI=1S/C16H19N5S/c1-11-3-5-20(7-13(11)21-6-4-17-10-21)16-15-14(18-9-19-16)12(2)8-22-15/h4,6,8-11,13H,3,5,7H2,1-2H3/t11-,13+/m0/s1. The first kappa shape index (κ1) is 13.7. The third-order valence-corrected chi connectivity index (χ3v) is 5.72. The average Bonchev–Trinajstić information content (AvgIpc) is 3.18. The first-order valence-electron chi connectivity index (χ1n) is 7.65. The average molecular weight is 313 g/mol. The van der Waals surface area contributed by atoms with Crippen molar-refractivity contribution >= 4 is 27.4 Å². The van der Waals surface area contributed by atoms with Gasteiger partial charge in [-0.05, 0) is 30.2 Å². The van der Waals surface area contributed by atoms with Gasteiger partial charge in [-0.1, -0.05) is 6.92 Å². The van der Waals surface area contributed by atoms with E-state index in [0.29, 0.717) is 12.0 Å². The fourth-order valence-corrected chi connectivity index (χ4v) is 4.30. The zero-order chi connectivity index (χ0) is 15.1. The summed E-state index contributed by atoms with van der Waals surface area (Å²) < 4.78 is 3.44. The number of imidazole rings is 1. The van der Waals surface area contributed by atoms with Crippen molar-refractivity contribution in [1.29, 1.82) is 0 Å². The second-order valence-electron chi connectivity index (χ2n) is 6.08. The van der Waals surface area contributed by atoms with Crippen LogP contribution < -0.4 is 4.90 Å². The Hall–Kier alpha value is -1.95. The van der Waals surface area contributed by atoms with Crippen LogP contribution in [0.5, 0.6) is 0 Å². The van der Waals surface area contributed by atoms with Crippen molar-refractivity contribution in [3.63, 3.8) is 0 Å². The fourth-order valence-electron chi connectivity index (χ4n) is 3.28. The molecule has 1 aliphatic rings. The van der Waals surface area contributed by atoms with E-state index in [1.165, 1.54) is 16.7 Å². The number of thiophene rings is 1. The van der Waals surface area contributed by atoms with Gasteiger partial charge in [-0.15, -0.1) is 11.3 Å². The molecule has 5 nitrogen and oxygen atoms in total. The van der Waals surface area contributed by atoms with Gasteiger partial charge in [-0.25, -0.2) is 15.0 Å². The van der Waals surface area contributed by atoms with Gasteiger partial charge in [0.15, 0.2) is 0 Å². The number of hydrogen-bond acceptors (Lipinski definition) is 5. The lowest BCUT2D eigenvalue weighted by Gasteiger charge is -2.38. The predicted molar refractivity (Wildman–Crippen MR) is 89.4 cm³/mol. The van der Waals surface area contributed by atoms with Crippen molar-refractivity contribution < 1.29 is 0 Å². The highest BCUT2D eigenvalue weighted by atomic mass is 32.1. The third kappa shape index (κ3) is 2.18. The van der Waals surface area contributed by atoms with Crippen LogP contribution in [0.15, 0.2) is 30.4 Å². The lowest BCUT2D eigenvalue weighted by molar-refractivity contribution is 0.298. The Morgan fingerprint density at radius 3 is 3.05 bits per heavy atom. The van der Waals surface area contributed by atoms with E-state index >= 15 is 0 Å². The van der Waals surface area contributed by atoms with Crippen LogP contribution >= 0.6 is 11.3 Å². The summed E-state index contributed by atoms with van der Waals surface area (Å²) >= 11 is 1.75. The van der Waals surface area contributed by atoms with Gasteiger partial charge in [0.2, 0.25) is 0 Å². The molecule has 0 bridgehead atoms. The van der Waals surface area contributed by atoms with Crippen LogP contribution in [-0.4, -0.2) is 32.6 Å². The summed E-state index contributed by atoms with van der Waals surface area (Å²) in [6.45, 7) is 6.46. The van der Waals surface area contributed by atoms with Gasteiger partial charge < -0.3 is 9.47 Å². The minimum absolute atomic E-state index is 0.447. The highest BCUT2D eigenvalue weighted by molar-refractivity contribution is 7.18. The van der Waals surface area contributed by atoms with E-state index in [1.54, 1.807) is 17.7 Å². The van der Waals surface area contributed by atoms with E-state index in [9.17, 15) is 0 Å². The fraction of sp³-hybridized carbons (Fsp3) is 0.438. The Kier molecular flexibility index (Phi) is 3.33. The molecule has 3 aromatic rings. The van der Waals surface area contributed by atoms with E-state index < -0.39 is 0 Å². The minimum atomic E-state index is 0.447. The molecular weight excluding hydrogens is 294 g/mol. The lowest BCUT2D eigenvalue weighted by atomic mass is 9.93. The molecule has 0 N–H and O–H groups in total. The first-order chi connectivity index (χ1) is 10.7. The van der Waals surface area contributed by atoms with Crippen molar-refractivity contribution in [2.45, 2.75) is 26.3 Å². The summed E-state index contributed by atoms with van der Waals surface area (Å²) in [5.74, 6) is 1.73. The van der Waals surface area contributed by atoms with Crippen LogP contribution in [0.1, 0.15) is 24.9 Å². The Bertz CT molecular complexity index is 779. The van der Waals surface area contributed by atoms with Gasteiger partial charge in [0, 0.05) is 25.5 Å². The maximum absolute atomic E-state index is 4.59. The summed E-state index contributed by atoms with van der Waals surface area (Å²) in [4.78, 5) is 15.6. The molecule has 1 aliphatic heterocycles. The summed E-state index contributed by atoms with van der Waals surface area (Å²) in [5.41, 5.74) is 2.33. The Labute approximate surface area is 133 Å². The van der Waals surface area contributed by atoms with Crippen molar-refractivity contribution in [3.8, 4) is 0 Å². The van der Waals surface area contributed by atoms with Crippen LogP contribution in [0, 0.1) is 12.8 Å². The van der Waals surface area contributed by atoms with E-state index in [2.05, 4.69) is 49.8 Å². The summed E-state index contributed by atoms with van der Waals surface area (Å²) in [7, 11) is 0. The Balaban J connectivity index is 1.70. The van der Waals surface area contributed by atoms with Gasteiger partial charge >= 0.3 is 0 Å². The molecule has 1 fully saturated rings. The molecular formula is C16H19N5S. The van der Waals surface area contributed by atoms with Crippen LogP contribution in [0.25, 0.3) is 10.2 Å². The SMILES string of the molecule is Cc1csc2c(N3CC[C@H](C)[C@H](n4ccnc4)C3)ncnc12. The predicted octanol–water partition coefficient (Wildman–Crippen LogP) is 3.28. The molecule has 0 aromatic carbocycles. The summed E-state index contributed by atoms with van der Waals surface area (Å²) in [6, 6.07) is 0.447. The smallest absolute Gasteiger partial charge is 0.150 e. The Morgan fingerprint density at radius 1 is 1.32 bits per heavy atom. The monoisotopic (exact) mass is 313 g/mol. The zero-order valence-corrected chi connectivity index (χ0v) is 13.6. The van der Waals surface area contributed by atoms with Crippen LogP contribution in [-0.2, 0) is 0 Å². The molecule has 0 saturated carbocycles. The molecule has 6 heteroatoms. The molecule has 0 radical (unpaired) electrons. The number of piperidine rings is 1. The molecule has 2 atom stereocenters. The van der Waals surface area contributed by atoms with E-state index in [-0.39, 0.29) is 0 Å². The molecule has 0 aliphatic carbocycles. The molecule has 22 heavy (non-hydrogen) atoms. The van der Waals surface area contributed by atoms with Crippen molar-refractivity contribution in [2.24, 2.45) is 5.92 Å². The first-order valence-corrected chi connectivity index (χ1v) is 8.53. The van der Waals surface area contributed by atoms with Gasteiger partial charge in [0.25, 0.3) is 0 Å². The number of rotatable bonds is 2. The van der Waals surface area contributed by atoms with Crippen LogP contribution in [0.3, 0.4) is 0 Å². The van der Waals surface area contributed by atoms with Crippen LogP contribution in [0.4, 0.5) is 5.82 Å². The molecule has 114 valence electrons. The number of nitrogens with zero attached hydrogens (tertiary/aromatic N) is 5. The van der Waals surface area contributed by atoms with Crippen molar-refractivity contribution in [1.82, 2.24) is 19.5 Å². The summed E-state index contributed by atoms with van der Waals surface area (Å²) in [6.07, 6.45) is 8.71. The topological polar surface area (TPSA) is 46.8 Å². The van der Waals surface area contributed by atoms with Gasteiger partial charge in [0.1, 0.15) is 12.1 Å². The van der Waals surface area contributed by atoms with E-state index in [0.717, 1.165) is 24.4 Å². The quantitative estimate of drug-likeness (QED) is 0.728. The van der Waals surface area contributed by atoms with Crippen molar-refractivity contribution in [3.05, 3.63) is 36.0 Å². The Morgan fingerprint density at radius 2 is 2.23 bits per heavy atom. The van der Waals surface area contributed by atoms with Gasteiger partial charge in [-0.3, -0.25) is 0 Å². The molecule has 4 rings (SSSR count). The second-order valence-corrected chi connectivity index (χ2v) is 6.96. The van der Waals surface area contributed by atoms with Crippen LogP contribution in [0.2, 0.25) is 0 Å². The van der Waals surface area contributed by atoms with E-state index in [1.807, 2.05) is 12.5 Å². The highest BCUT2D eigenvalue weighted by Gasteiger charge is 2.29. The number of hydrogen-bond donors (Lipinski definition) is 0. The largest absolute Gasteiger partial charge is 0.353 e. The molecule has 0 unspecified atom stereocenters. The maximum Gasteiger partial charge on any atom is 0.150 e. The van der Waals surface area contributed by atoms with Gasteiger partial charge in [0.05, 0.1) is 22.6 Å². The van der Waals surface area contributed by atoms with E-state index in [4.69, 9.17) is 0 Å². The minimum Gasteiger partial charge on any atom is -0.353 e. The zero-order valence-electron chi connectivity index (χ0n) is 12.8. The maximum atomic E-state index is 4.59. The molecule has 3 aromatic heterocycles. The van der Waals surface area contributed by atoms with Crippen molar-refractivity contribution in [2.75, 3.05) is 18.0 Å². The number of fused-ring (bicyclic) bond motifs is 1. The normalized spacial score (nSPS) is 22.4. The molecule has 1 saturated heterocycles. The van der Waals surface area contributed by atoms with Gasteiger partial charge in [-0.2, -0.15) is 0 Å². The third-order valence-electron chi connectivity index (χ3n) is 4.64. The molecule has 0 spiro atoms. The second kappa shape index (κ2) is 5.35. The number of aryl methyl sites for hydroxylation is 1. The number of anilines is 1. The molecule has 4 heterocycles. The lowest BCUT2D eigenvalue weighted by Crippen LogP contribution is -2.41.